The van der Waals surface area contributed by atoms with Crippen LogP contribution in [0, 0.1) is 6.92 Å². The number of benzene rings is 2. The van der Waals surface area contributed by atoms with Gasteiger partial charge >= 0.3 is 5.97 Å². The Labute approximate surface area is 145 Å². The van der Waals surface area contributed by atoms with E-state index in [0.717, 1.165) is 15.6 Å². The van der Waals surface area contributed by atoms with Crippen LogP contribution in [0.3, 0.4) is 0 Å². The normalized spacial score (nSPS) is 11.2. The van der Waals surface area contributed by atoms with Gasteiger partial charge in [0.15, 0.2) is 0 Å². The first-order valence-corrected chi connectivity index (χ1v) is 8.18. The lowest BCUT2D eigenvalue weighted by Gasteiger charge is -2.22. The summed E-state index contributed by atoms with van der Waals surface area (Å²) in [6.07, 6.45) is 0. The Balaban J connectivity index is 2.32. The molecule has 0 radical (unpaired) electrons. The second-order valence-corrected chi connectivity index (χ2v) is 7.34. The summed E-state index contributed by atoms with van der Waals surface area (Å²) < 4.78 is 11.5. The first-order chi connectivity index (χ1) is 10.7. The molecule has 0 saturated heterocycles. The van der Waals surface area contributed by atoms with Crippen molar-refractivity contribution in [3.05, 3.63) is 57.6 Å². The van der Waals surface area contributed by atoms with Crippen LogP contribution in [-0.4, -0.2) is 13.1 Å². The third-order valence-electron chi connectivity index (χ3n) is 3.53. The zero-order chi connectivity index (χ0) is 17.2. The van der Waals surface area contributed by atoms with Crippen molar-refractivity contribution in [2.45, 2.75) is 33.1 Å². The van der Waals surface area contributed by atoms with E-state index in [4.69, 9.17) is 9.47 Å². The Hall–Kier alpha value is -1.81. The predicted molar refractivity (Wildman–Crippen MR) is 95.5 cm³/mol. The van der Waals surface area contributed by atoms with Gasteiger partial charge in [0.1, 0.15) is 11.5 Å². The molecular formula is C19H21BrO3. The maximum Gasteiger partial charge on any atom is 0.343 e. The number of carbonyl (C=O) groups is 1. The van der Waals surface area contributed by atoms with E-state index < -0.39 is 0 Å². The Kier molecular flexibility index (Phi) is 5.15. The number of ether oxygens (including phenoxy) is 2. The van der Waals surface area contributed by atoms with Crippen LogP contribution in [0.4, 0.5) is 0 Å². The standard InChI is InChI=1S/C19H21BrO3/c1-12-6-8-16(14(10-12)19(2,3)4)23-18(21)13-7-9-17(22-5)15(20)11-13/h6-11H,1-5H3. The topological polar surface area (TPSA) is 35.5 Å². The second kappa shape index (κ2) is 6.75. The molecule has 0 saturated carbocycles. The summed E-state index contributed by atoms with van der Waals surface area (Å²) in [6, 6.07) is 11.0. The van der Waals surface area contributed by atoms with Gasteiger partial charge in [-0.2, -0.15) is 0 Å². The number of hydrogen-bond donors (Lipinski definition) is 0. The van der Waals surface area contributed by atoms with Gasteiger partial charge in [-0.05, 0) is 52.5 Å². The number of halogens is 1. The summed E-state index contributed by atoms with van der Waals surface area (Å²) in [6.45, 7) is 8.33. The number of aryl methyl sites for hydroxylation is 1. The van der Waals surface area contributed by atoms with Gasteiger partial charge < -0.3 is 9.47 Å². The Bertz CT molecular complexity index is 730. The maximum absolute atomic E-state index is 12.4. The van der Waals surface area contributed by atoms with E-state index in [2.05, 4.69) is 42.8 Å². The lowest BCUT2D eigenvalue weighted by molar-refractivity contribution is 0.0731. The number of esters is 1. The molecule has 3 nitrogen and oxygen atoms in total. The minimum absolute atomic E-state index is 0.109. The summed E-state index contributed by atoms with van der Waals surface area (Å²) >= 11 is 3.38. The van der Waals surface area contributed by atoms with Gasteiger partial charge in [-0.3, -0.25) is 0 Å². The number of rotatable bonds is 3. The molecule has 0 spiro atoms. The average Bonchev–Trinajstić information content (AvgIpc) is 2.47. The third kappa shape index (κ3) is 4.14. The number of methoxy groups -OCH3 is 1. The van der Waals surface area contributed by atoms with Gasteiger partial charge in [0.25, 0.3) is 0 Å². The minimum Gasteiger partial charge on any atom is -0.496 e. The van der Waals surface area contributed by atoms with E-state index in [-0.39, 0.29) is 11.4 Å². The molecule has 0 bridgehead atoms. The molecule has 0 aromatic heterocycles. The molecule has 0 aliphatic rings. The van der Waals surface area contributed by atoms with Crippen LogP contribution in [-0.2, 0) is 5.41 Å². The maximum atomic E-state index is 12.4. The van der Waals surface area contributed by atoms with E-state index in [0.29, 0.717) is 17.1 Å². The molecule has 0 fully saturated rings. The summed E-state index contributed by atoms with van der Waals surface area (Å²) in [4.78, 5) is 12.4. The van der Waals surface area contributed by atoms with E-state index in [1.807, 2.05) is 19.1 Å². The van der Waals surface area contributed by atoms with Crippen molar-refractivity contribution in [2.24, 2.45) is 0 Å². The fraction of sp³-hybridized carbons (Fsp3) is 0.316. The highest BCUT2D eigenvalue weighted by Gasteiger charge is 2.21. The smallest absolute Gasteiger partial charge is 0.343 e. The first-order valence-electron chi connectivity index (χ1n) is 7.39. The van der Waals surface area contributed by atoms with Crippen LogP contribution in [0.1, 0.15) is 42.3 Å². The van der Waals surface area contributed by atoms with Crippen LogP contribution < -0.4 is 9.47 Å². The molecule has 2 rings (SSSR count). The SMILES string of the molecule is COc1ccc(C(=O)Oc2ccc(C)cc2C(C)(C)C)cc1Br. The highest BCUT2D eigenvalue weighted by Crippen LogP contribution is 2.33. The van der Waals surface area contributed by atoms with Gasteiger partial charge in [0, 0.05) is 5.56 Å². The van der Waals surface area contributed by atoms with Crippen LogP contribution in [0.15, 0.2) is 40.9 Å². The van der Waals surface area contributed by atoms with E-state index in [1.165, 1.54) is 0 Å². The van der Waals surface area contributed by atoms with Crippen molar-refractivity contribution >= 4 is 21.9 Å². The van der Waals surface area contributed by atoms with E-state index in [1.54, 1.807) is 25.3 Å². The molecule has 0 atom stereocenters. The molecule has 23 heavy (non-hydrogen) atoms. The van der Waals surface area contributed by atoms with Gasteiger partial charge in [-0.25, -0.2) is 4.79 Å². The minimum atomic E-state index is -0.386. The monoisotopic (exact) mass is 376 g/mol. The second-order valence-electron chi connectivity index (χ2n) is 6.49. The van der Waals surface area contributed by atoms with Crippen LogP contribution in [0.5, 0.6) is 11.5 Å². The van der Waals surface area contributed by atoms with Gasteiger partial charge in [0.05, 0.1) is 17.1 Å². The van der Waals surface area contributed by atoms with Gasteiger partial charge in [-0.15, -0.1) is 0 Å². The summed E-state index contributed by atoms with van der Waals surface area (Å²) in [5.74, 6) is 0.884. The Morgan fingerprint density at radius 3 is 2.26 bits per heavy atom. The van der Waals surface area contributed by atoms with Crippen molar-refractivity contribution in [1.82, 2.24) is 0 Å². The Morgan fingerprint density at radius 2 is 1.70 bits per heavy atom. The molecule has 0 amide bonds. The fourth-order valence-corrected chi connectivity index (χ4v) is 2.81. The molecule has 0 aliphatic carbocycles. The lowest BCUT2D eigenvalue weighted by Crippen LogP contribution is -2.16. The van der Waals surface area contributed by atoms with Crippen molar-refractivity contribution in [1.29, 1.82) is 0 Å². The van der Waals surface area contributed by atoms with E-state index in [9.17, 15) is 4.79 Å². The van der Waals surface area contributed by atoms with Gasteiger partial charge in [0.2, 0.25) is 0 Å². The first kappa shape index (κ1) is 17.5. The zero-order valence-corrected chi connectivity index (χ0v) is 15.7. The van der Waals surface area contributed by atoms with E-state index >= 15 is 0 Å². The number of hydrogen-bond acceptors (Lipinski definition) is 3. The third-order valence-corrected chi connectivity index (χ3v) is 4.15. The van der Waals surface area contributed by atoms with Gasteiger partial charge in [-0.1, -0.05) is 38.5 Å². The fourth-order valence-electron chi connectivity index (χ4n) is 2.27. The Morgan fingerprint density at radius 1 is 1.04 bits per heavy atom. The highest BCUT2D eigenvalue weighted by atomic mass is 79.9. The molecular weight excluding hydrogens is 356 g/mol. The van der Waals surface area contributed by atoms with Crippen LogP contribution >= 0.6 is 15.9 Å². The summed E-state index contributed by atoms with van der Waals surface area (Å²) in [5.41, 5.74) is 2.51. The zero-order valence-electron chi connectivity index (χ0n) is 14.1. The molecule has 0 N–H and O–H groups in total. The molecule has 2 aromatic rings. The highest BCUT2D eigenvalue weighted by molar-refractivity contribution is 9.10. The molecule has 0 aliphatic heterocycles. The van der Waals surface area contributed by atoms with Crippen molar-refractivity contribution in [3.63, 3.8) is 0 Å². The molecule has 4 heteroatoms. The number of carbonyl (C=O) groups excluding carboxylic acids is 1. The van der Waals surface area contributed by atoms with Crippen molar-refractivity contribution in [3.8, 4) is 11.5 Å². The van der Waals surface area contributed by atoms with Crippen LogP contribution in [0.25, 0.3) is 0 Å². The lowest BCUT2D eigenvalue weighted by atomic mass is 9.85. The molecule has 122 valence electrons. The molecule has 0 unspecified atom stereocenters. The van der Waals surface area contributed by atoms with Crippen molar-refractivity contribution in [2.75, 3.05) is 7.11 Å². The summed E-state index contributed by atoms with van der Waals surface area (Å²) in [5, 5.41) is 0. The largest absolute Gasteiger partial charge is 0.496 e. The molecule has 0 heterocycles. The van der Waals surface area contributed by atoms with Crippen LogP contribution in [0.2, 0.25) is 0 Å². The quantitative estimate of drug-likeness (QED) is 0.539. The van der Waals surface area contributed by atoms with Crippen molar-refractivity contribution < 1.29 is 14.3 Å². The molecule has 2 aromatic carbocycles. The average molecular weight is 377 g/mol. The predicted octanol–water partition coefficient (Wildman–Crippen LogP) is 5.28. The summed E-state index contributed by atoms with van der Waals surface area (Å²) in [7, 11) is 1.58.